The predicted molar refractivity (Wildman–Crippen MR) is 98.0 cm³/mol. The first kappa shape index (κ1) is 17.0. The van der Waals surface area contributed by atoms with Crippen molar-refractivity contribution in [1.82, 2.24) is 15.0 Å². The normalized spacial score (nSPS) is 12.2. The van der Waals surface area contributed by atoms with Crippen molar-refractivity contribution >= 4 is 22.8 Å². The number of aromatic nitrogens is 3. The number of carbonyl (C=O) groups is 1. The van der Waals surface area contributed by atoms with Crippen molar-refractivity contribution < 1.29 is 9.53 Å². The molecule has 3 aromatic rings. The van der Waals surface area contributed by atoms with Crippen molar-refractivity contribution in [2.45, 2.75) is 33.1 Å². The Morgan fingerprint density at radius 1 is 1.32 bits per heavy atom. The van der Waals surface area contributed by atoms with E-state index in [0.29, 0.717) is 12.2 Å². The van der Waals surface area contributed by atoms with Crippen molar-refractivity contribution in [1.29, 1.82) is 0 Å². The number of aromatic amines is 1. The standard InChI is InChI=1S/C19H22N4O2/c1-11(14-6-5-7-15(9-14)25-4)8-16(24)23-19-17-12(2)13(3)22-18(17)20-10-21-19/h5-7,9-11H,8H2,1-4H3,(H2,20,21,22,23,24). The third-order valence-electron chi connectivity index (χ3n) is 4.50. The first-order valence-electron chi connectivity index (χ1n) is 8.23. The number of fused-ring (bicyclic) bond motifs is 1. The summed E-state index contributed by atoms with van der Waals surface area (Å²) in [5, 5.41) is 3.79. The lowest BCUT2D eigenvalue weighted by molar-refractivity contribution is -0.116. The second-order valence-corrected chi connectivity index (χ2v) is 6.25. The minimum Gasteiger partial charge on any atom is -0.497 e. The Kier molecular flexibility index (Phi) is 4.70. The van der Waals surface area contributed by atoms with Gasteiger partial charge in [0.05, 0.1) is 12.5 Å². The van der Waals surface area contributed by atoms with Gasteiger partial charge in [-0.25, -0.2) is 9.97 Å². The first-order valence-corrected chi connectivity index (χ1v) is 8.23. The Morgan fingerprint density at radius 3 is 2.88 bits per heavy atom. The van der Waals surface area contributed by atoms with Gasteiger partial charge in [-0.05, 0) is 43.0 Å². The molecule has 0 aliphatic rings. The summed E-state index contributed by atoms with van der Waals surface area (Å²) >= 11 is 0. The monoisotopic (exact) mass is 338 g/mol. The topological polar surface area (TPSA) is 79.9 Å². The predicted octanol–water partition coefficient (Wildman–Crippen LogP) is 3.72. The highest BCUT2D eigenvalue weighted by molar-refractivity contribution is 6.00. The maximum Gasteiger partial charge on any atom is 0.226 e. The summed E-state index contributed by atoms with van der Waals surface area (Å²) in [6, 6.07) is 7.79. The van der Waals surface area contributed by atoms with Gasteiger partial charge in [-0.3, -0.25) is 4.79 Å². The Bertz CT molecular complexity index is 917. The molecular formula is C19H22N4O2. The highest BCUT2D eigenvalue weighted by atomic mass is 16.5. The summed E-state index contributed by atoms with van der Waals surface area (Å²) < 4.78 is 5.25. The zero-order chi connectivity index (χ0) is 18.0. The number of nitrogens with zero attached hydrogens (tertiary/aromatic N) is 2. The number of hydrogen-bond donors (Lipinski definition) is 2. The van der Waals surface area contributed by atoms with Crippen LogP contribution in [0.5, 0.6) is 5.75 Å². The molecule has 25 heavy (non-hydrogen) atoms. The van der Waals surface area contributed by atoms with Crippen LogP contribution in [0.3, 0.4) is 0 Å². The Labute approximate surface area is 146 Å². The molecule has 1 aromatic carbocycles. The van der Waals surface area contributed by atoms with E-state index >= 15 is 0 Å². The SMILES string of the molecule is COc1cccc(C(C)CC(=O)Nc2ncnc3[nH]c(C)c(C)c23)c1. The van der Waals surface area contributed by atoms with Gasteiger partial charge in [0, 0.05) is 12.1 Å². The molecule has 0 saturated carbocycles. The molecule has 3 rings (SSSR count). The zero-order valence-electron chi connectivity index (χ0n) is 14.9. The number of carbonyl (C=O) groups excluding carboxylic acids is 1. The molecule has 0 fully saturated rings. The van der Waals surface area contributed by atoms with Gasteiger partial charge in [0.1, 0.15) is 23.5 Å². The smallest absolute Gasteiger partial charge is 0.226 e. The van der Waals surface area contributed by atoms with Crippen molar-refractivity contribution in [3.05, 3.63) is 47.4 Å². The van der Waals surface area contributed by atoms with E-state index in [1.807, 2.05) is 45.0 Å². The number of anilines is 1. The van der Waals surface area contributed by atoms with Crippen LogP contribution in [0, 0.1) is 13.8 Å². The van der Waals surface area contributed by atoms with E-state index in [9.17, 15) is 4.79 Å². The molecular weight excluding hydrogens is 316 g/mol. The summed E-state index contributed by atoms with van der Waals surface area (Å²) in [5.41, 5.74) is 3.87. The molecule has 130 valence electrons. The lowest BCUT2D eigenvalue weighted by Gasteiger charge is -2.13. The molecule has 1 amide bonds. The van der Waals surface area contributed by atoms with Crippen LogP contribution in [0.2, 0.25) is 0 Å². The van der Waals surface area contributed by atoms with Crippen molar-refractivity contribution in [3.63, 3.8) is 0 Å². The molecule has 6 heteroatoms. The number of hydrogen-bond acceptors (Lipinski definition) is 4. The van der Waals surface area contributed by atoms with Crippen molar-refractivity contribution in [3.8, 4) is 5.75 Å². The van der Waals surface area contributed by atoms with Gasteiger partial charge in [-0.1, -0.05) is 19.1 Å². The van der Waals surface area contributed by atoms with E-state index in [0.717, 1.165) is 33.6 Å². The number of rotatable bonds is 5. The summed E-state index contributed by atoms with van der Waals surface area (Å²) in [6.07, 6.45) is 1.82. The summed E-state index contributed by atoms with van der Waals surface area (Å²) in [7, 11) is 1.64. The fourth-order valence-electron chi connectivity index (χ4n) is 2.92. The van der Waals surface area contributed by atoms with Crippen molar-refractivity contribution in [2.75, 3.05) is 12.4 Å². The van der Waals surface area contributed by atoms with Crippen LogP contribution < -0.4 is 10.1 Å². The third kappa shape index (κ3) is 3.47. The maximum absolute atomic E-state index is 12.5. The maximum atomic E-state index is 12.5. The van der Waals surface area contributed by atoms with Crippen LogP contribution in [0.4, 0.5) is 5.82 Å². The number of ether oxygens (including phenoxy) is 1. The molecule has 0 radical (unpaired) electrons. The van der Waals surface area contributed by atoms with E-state index in [4.69, 9.17) is 4.74 Å². The van der Waals surface area contributed by atoms with Gasteiger partial charge in [0.25, 0.3) is 0 Å². The van der Waals surface area contributed by atoms with Gasteiger partial charge in [0.15, 0.2) is 0 Å². The highest BCUT2D eigenvalue weighted by Gasteiger charge is 2.16. The van der Waals surface area contributed by atoms with E-state index in [1.165, 1.54) is 6.33 Å². The minimum atomic E-state index is -0.0754. The van der Waals surface area contributed by atoms with Gasteiger partial charge in [-0.15, -0.1) is 0 Å². The van der Waals surface area contributed by atoms with Crippen LogP contribution >= 0.6 is 0 Å². The molecule has 2 heterocycles. The lowest BCUT2D eigenvalue weighted by atomic mass is 9.97. The molecule has 2 aromatic heterocycles. The summed E-state index contributed by atoms with van der Waals surface area (Å²) in [4.78, 5) is 24.2. The van der Waals surface area contributed by atoms with Crippen LogP contribution in [-0.4, -0.2) is 28.0 Å². The number of methoxy groups -OCH3 is 1. The van der Waals surface area contributed by atoms with E-state index in [-0.39, 0.29) is 11.8 Å². The van der Waals surface area contributed by atoms with Crippen LogP contribution in [0.15, 0.2) is 30.6 Å². The Balaban J connectivity index is 1.76. The largest absolute Gasteiger partial charge is 0.497 e. The average molecular weight is 338 g/mol. The highest BCUT2D eigenvalue weighted by Crippen LogP contribution is 2.27. The van der Waals surface area contributed by atoms with Crippen molar-refractivity contribution in [2.24, 2.45) is 0 Å². The molecule has 0 aliphatic heterocycles. The number of H-pyrrole nitrogens is 1. The molecule has 6 nitrogen and oxygen atoms in total. The number of aryl methyl sites for hydroxylation is 2. The van der Waals surface area contributed by atoms with Gasteiger partial charge >= 0.3 is 0 Å². The third-order valence-corrected chi connectivity index (χ3v) is 4.50. The number of benzene rings is 1. The second-order valence-electron chi connectivity index (χ2n) is 6.25. The van der Waals surface area contributed by atoms with Crippen LogP contribution in [0.25, 0.3) is 11.0 Å². The fraction of sp³-hybridized carbons (Fsp3) is 0.316. The van der Waals surface area contributed by atoms with E-state index < -0.39 is 0 Å². The zero-order valence-corrected chi connectivity index (χ0v) is 14.9. The molecule has 1 atom stereocenters. The number of amides is 1. The molecule has 0 aliphatic carbocycles. The molecule has 1 unspecified atom stereocenters. The number of nitrogens with one attached hydrogen (secondary N) is 2. The van der Waals surface area contributed by atoms with E-state index in [1.54, 1.807) is 7.11 Å². The lowest BCUT2D eigenvalue weighted by Crippen LogP contribution is -2.15. The van der Waals surface area contributed by atoms with Gasteiger partial charge < -0.3 is 15.0 Å². The second kappa shape index (κ2) is 6.93. The quantitative estimate of drug-likeness (QED) is 0.743. The fourth-order valence-corrected chi connectivity index (χ4v) is 2.92. The Morgan fingerprint density at radius 2 is 2.12 bits per heavy atom. The average Bonchev–Trinajstić information content (AvgIpc) is 2.90. The summed E-state index contributed by atoms with van der Waals surface area (Å²) in [5.74, 6) is 1.34. The minimum absolute atomic E-state index is 0.0708. The van der Waals surface area contributed by atoms with Crippen LogP contribution in [-0.2, 0) is 4.79 Å². The van der Waals surface area contributed by atoms with Crippen LogP contribution in [0.1, 0.15) is 36.1 Å². The van der Waals surface area contributed by atoms with E-state index in [2.05, 4.69) is 20.3 Å². The molecule has 0 bridgehead atoms. The molecule has 0 spiro atoms. The first-order chi connectivity index (χ1) is 12.0. The molecule has 2 N–H and O–H groups in total. The van der Waals surface area contributed by atoms with Gasteiger partial charge in [0.2, 0.25) is 5.91 Å². The van der Waals surface area contributed by atoms with Gasteiger partial charge in [-0.2, -0.15) is 0 Å². The molecule has 0 saturated heterocycles. The summed E-state index contributed by atoms with van der Waals surface area (Å²) in [6.45, 7) is 6.00. The Hall–Kier alpha value is -2.89.